The van der Waals surface area contributed by atoms with Crippen molar-refractivity contribution < 1.29 is 14.5 Å². The molecule has 2 aromatic heterocycles. The van der Waals surface area contributed by atoms with E-state index >= 15 is 0 Å². The standard InChI is InChI=1S/C19H23N5O3/c1-12-3-4-16-14(9-12)15(10-20-16)18(19(25)26)24-7-5-23(6-8-24)11-17-13(2)21-27-22-17/h3-4,9-10,18,20H,5-8,11H2,1-2H3,(H,25,26)/t18-/m1/s1. The number of carboxylic acids is 1. The molecule has 8 nitrogen and oxygen atoms in total. The fraction of sp³-hybridized carbons (Fsp3) is 0.421. The van der Waals surface area contributed by atoms with E-state index < -0.39 is 12.0 Å². The molecule has 0 bridgehead atoms. The van der Waals surface area contributed by atoms with Crippen LogP contribution in [-0.2, 0) is 11.3 Å². The quantitative estimate of drug-likeness (QED) is 0.711. The number of aliphatic carboxylic acids is 1. The van der Waals surface area contributed by atoms with Gasteiger partial charge in [0.05, 0.1) is 0 Å². The van der Waals surface area contributed by atoms with Crippen LogP contribution in [0, 0.1) is 13.8 Å². The smallest absolute Gasteiger partial charge is 0.325 e. The van der Waals surface area contributed by atoms with Crippen molar-refractivity contribution in [3.05, 3.63) is 46.9 Å². The molecule has 0 unspecified atom stereocenters. The summed E-state index contributed by atoms with van der Waals surface area (Å²) in [5, 5.41) is 18.7. The van der Waals surface area contributed by atoms with Gasteiger partial charge in [0, 0.05) is 55.4 Å². The Morgan fingerprint density at radius 2 is 2.04 bits per heavy atom. The van der Waals surface area contributed by atoms with E-state index in [9.17, 15) is 9.90 Å². The minimum Gasteiger partial charge on any atom is -0.480 e. The lowest BCUT2D eigenvalue weighted by Gasteiger charge is -2.37. The molecule has 1 aromatic carbocycles. The van der Waals surface area contributed by atoms with Gasteiger partial charge in [-0.1, -0.05) is 21.9 Å². The van der Waals surface area contributed by atoms with Gasteiger partial charge in [-0.3, -0.25) is 14.6 Å². The van der Waals surface area contributed by atoms with Gasteiger partial charge in [-0.05, 0) is 26.0 Å². The lowest BCUT2D eigenvalue weighted by molar-refractivity contribution is -0.144. The van der Waals surface area contributed by atoms with E-state index in [4.69, 9.17) is 4.63 Å². The SMILES string of the molecule is Cc1ccc2[nH]cc([C@H](C(=O)O)N3CCN(Cc4nonc4C)CC3)c2c1. The number of fused-ring (bicyclic) bond motifs is 1. The van der Waals surface area contributed by atoms with Crippen LogP contribution in [-0.4, -0.2) is 62.4 Å². The number of piperazine rings is 1. The number of aryl methyl sites for hydroxylation is 2. The number of benzene rings is 1. The number of aromatic amines is 1. The molecule has 1 atom stereocenters. The Morgan fingerprint density at radius 1 is 1.26 bits per heavy atom. The minimum atomic E-state index is -0.817. The molecule has 3 heterocycles. The number of nitrogens with zero attached hydrogens (tertiary/aromatic N) is 4. The van der Waals surface area contributed by atoms with Gasteiger partial charge in [0.15, 0.2) is 0 Å². The van der Waals surface area contributed by atoms with Crippen molar-refractivity contribution in [3.63, 3.8) is 0 Å². The van der Waals surface area contributed by atoms with Crippen molar-refractivity contribution in [2.45, 2.75) is 26.4 Å². The van der Waals surface area contributed by atoms with E-state index in [1.165, 1.54) is 0 Å². The highest BCUT2D eigenvalue weighted by Crippen LogP contribution is 2.30. The van der Waals surface area contributed by atoms with E-state index in [2.05, 4.69) is 20.2 Å². The second kappa shape index (κ2) is 7.13. The Morgan fingerprint density at radius 3 is 2.70 bits per heavy atom. The molecular formula is C19H23N5O3. The first-order valence-corrected chi connectivity index (χ1v) is 9.08. The highest BCUT2D eigenvalue weighted by molar-refractivity contribution is 5.89. The minimum absolute atomic E-state index is 0.654. The van der Waals surface area contributed by atoms with Crippen molar-refractivity contribution in [1.82, 2.24) is 25.1 Å². The zero-order valence-electron chi connectivity index (χ0n) is 15.5. The van der Waals surface area contributed by atoms with Gasteiger partial charge in [0.2, 0.25) is 0 Å². The average Bonchev–Trinajstić information content (AvgIpc) is 3.23. The third-order valence-corrected chi connectivity index (χ3v) is 5.29. The van der Waals surface area contributed by atoms with Gasteiger partial charge >= 0.3 is 5.97 Å². The summed E-state index contributed by atoms with van der Waals surface area (Å²) in [6, 6.07) is 5.42. The lowest BCUT2D eigenvalue weighted by atomic mass is 10.0. The average molecular weight is 369 g/mol. The molecule has 0 radical (unpaired) electrons. The molecule has 142 valence electrons. The summed E-state index contributed by atoms with van der Waals surface area (Å²) < 4.78 is 4.76. The predicted octanol–water partition coefficient (Wildman–Crippen LogP) is 2.11. The summed E-state index contributed by atoms with van der Waals surface area (Å²) in [6.45, 7) is 7.48. The largest absolute Gasteiger partial charge is 0.480 e. The van der Waals surface area contributed by atoms with Crippen LogP contribution in [0.5, 0.6) is 0 Å². The first-order chi connectivity index (χ1) is 13.0. The summed E-state index contributed by atoms with van der Waals surface area (Å²) in [4.78, 5) is 19.6. The van der Waals surface area contributed by atoms with Crippen LogP contribution in [0.3, 0.4) is 0 Å². The summed E-state index contributed by atoms with van der Waals surface area (Å²) in [6.07, 6.45) is 1.83. The normalized spacial score (nSPS) is 17.4. The molecule has 8 heteroatoms. The zero-order chi connectivity index (χ0) is 19.0. The number of carboxylic acid groups (broad SMARTS) is 1. The van der Waals surface area contributed by atoms with Gasteiger partial charge in [-0.15, -0.1) is 0 Å². The van der Waals surface area contributed by atoms with Crippen LogP contribution in [0.25, 0.3) is 10.9 Å². The van der Waals surface area contributed by atoms with Crippen LogP contribution in [0.2, 0.25) is 0 Å². The van der Waals surface area contributed by atoms with Crippen molar-refractivity contribution in [1.29, 1.82) is 0 Å². The Bertz CT molecular complexity index is 955. The maximum Gasteiger partial charge on any atom is 0.325 e. The number of aromatic nitrogens is 3. The van der Waals surface area contributed by atoms with Gasteiger partial charge in [-0.2, -0.15) is 0 Å². The molecule has 1 saturated heterocycles. The third-order valence-electron chi connectivity index (χ3n) is 5.29. The molecule has 27 heavy (non-hydrogen) atoms. The Hall–Kier alpha value is -2.71. The van der Waals surface area contributed by atoms with E-state index in [1.54, 1.807) is 0 Å². The maximum absolute atomic E-state index is 12.1. The maximum atomic E-state index is 12.1. The van der Waals surface area contributed by atoms with Gasteiger partial charge in [0.1, 0.15) is 17.4 Å². The Labute approximate surface area is 156 Å². The van der Waals surface area contributed by atoms with Gasteiger partial charge in [-0.25, -0.2) is 4.63 Å². The molecule has 0 spiro atoms. The molecular weight excluding hydrogens is 346 g/mol. The number of nitrogens with one attached hydrogen (secondary N) is 1. The molecule has 1 fully saturated rings. The van der Waals surface area contributed by atoms with Crippen LogP contribution >= 0.6 is 0 Å². The van der Waals surface area contributed by atoms with Crippen LogP contribution < -0.4 is 0 Å². The highest BCUT2D eigenvalue weighted by Gasteiger charge is 2.32. The van der Waals surface area contributed by atoms with Gasteiger partial charge < -0.3 is 10.1 Å². The second-order valence-corrected chi connectivity index (χ2v) is 7.14. The molecule has 1 aliphatic heterocycles. The van der Waals surface area contributed by atoms with Crippen molar-refractivity contribution >= 4 is 16.9 Å². The van der Waals surface area contributed by atoms with E-state index in [1.807, 2.05) is 43.1 Å². The van der Waals surface area contributed by atoms with Crippen LogP contribution in [0.4, 0.5) is 0 Å². The molecule has 1 aliphatic rings. The fourth-order valence-corrected chi connectivity index (χ4v) is 3.75. The highest BCUT2D eigenvalue weighted by atomic mass is 16.6. The van der Waals surface area contributed by atoms with Gasteiger partial charge in [0.25, 0.3) is 0 Å². The number of hydrogen-bond acceptors (Lipinski definition) is 6. The van der Waals surface area contributed by atoms with Crippen molar-refractivity contribution in [2.24, 2.45) is 0 Å². The summed E-state index contributed by atoms with van der Waals surface area (Å²) in [5.41, 5.74) is 4.55. The summed E-state index contributed by atoms with van der Waals surface area (Å²) in [7, 11) is 0. The second-order valence-electron chi connectivity index (χ2n) is 7.14. The molecule has 3 aromatic rings. The Kier molecular flexibility index (Phi) is 4.67. The number of rotatable bonds is 5. The molecule has 0 aliphatic carbocycles. The third kappa shape index (κ3) is 3.45. The first kappa shape index (κ1) is 17.7. The molecule has 4 rings (SSSR count). The topological polar surface area (TPSA) is 98.5 Å². The van der Waals surface area contributed by atoms with Crippen LogP contribution in [0.1, 0.15) is 28.6 Å². The van der Waals surface area contributed by atoms with E-state index in [0.717, 1.165) is 46.5 Å². The van der Waals surface area contributed by atoms with Crippen molar-refractivity contribution in [2.75, 3.05) is 26.2 Å². The van der Waals surface area contributed by atoms with Crippen LogP contribution in [0.15, 0.2) is 29.0 Å². The lowest BCUT2D eigenvalue weighted by Crippen LogP contribution is -2.48. The number of hydrogen-bond donors (Lipinski definition) is 2. The summed E-state index contributed by atoms with van der Waals surface area (Å²) in [5.74, 6) is -0.817. The van der Waals surface area contributed by atoms with Crippen molar-refractivity contribution in [3.8, 4) is 0 Å². The number of carbonyl (C=O) groups is 1. The van der Waals surface area contributed by atoms with E-state index in [0.29, 0.717) is 19.6 Å². The Balaban J connectivity index is 1.51. The first-order valence-electron chi connectivity index (χ1n) is 9.08. The molecule has 2 N–H and O–H groups in total. The van der Waals surface area contributed by atoms with E-state index in [-0.39, 0.29) is 0 Å². The molecule has 0 saturated carbocycles. The monoisotopic (exact) mass is 369 g/mol. The zero-order valence-corrected chi connectivity index (χ0v) is 15.5. The number of H-pyrrole nitrogens is 1. The molecule has 0 amide bonds. The fourth-order valence-electron chi connectivity index (χ4n) is 3.75. The summed E-state index contributed by atoms with van der Waals surface area (Å²) >= 11 is 0. The predicted molar refractivity (Wildman–Crippen MR) is 99.3 cm³/mol.